The summed E-state index contributed by atoms with van der Waals surface area (Å²) in [5.41, 5.74) is 5.17. The van der Waals surface area contributed by atoms with Crippen LogP contribution in [0.3, 0.4) is 0 Å². The van der Waals surface area contributed by atoms with Crippen molar-refractivity contribution in [1.82, 2.24) is 0 Å². The van der Waals surface area contributed by atoms with Crippen LogP contribution in [0.2, 0.25) is 0 Å². The molecule has 0 saturated carbocycles. The number of hydrogen-bond donors (Lipinski definition) is 0. The van der Waals surface area contributed by atoms with Gasteiger partial charge in [-0.05, 0) is 73.3 Å². The lowest BCUT2D eigenvalue weighted by atomic mass is 10.1. The molecule has 0 aliphatic rings. The van der Waals surface area contributed by atoms with Gasteiger partial charge in [0, 0.05) is 6.42 Å². The Hall–Kier alpha value is -1.37. The molecule has 1 heteroatoms. The number of ketones is 1. The van der Waals surface area contributed by atoms with Gasteiger partial charge in [0.15, 0.2) is 5.78 Å². The highest BCUT2D eigenvalue weighted by Crippen LogP contribution is 2.10. The second-order valence-electron chi connectivity index (χ2n) is 6.35. The van der Waals surface area contributed by atoms with E-state index in [4.69, 9.17) is 0 Å². The molecule has 0 aromatic carbocycles. The summed E-state index contributed by atoms with van der Waals surface area (Å²) in [6.45, 7) is 12.6. The second kappa shape index (κ2) is 11.3. The van der Waals surface area contributed by atoms with Crippen LogP contribution in [0, 0.1) is 0 Å². The fourth-order valence-corrected chi connectivity index (χ4v) is 1.96. The van der Waals surface area contributed by atoms with Gasteiger partial charge in [0.25, 0.3) is 0 Å². The molecule has 0 spiro atoms. The van der Waals surface area contributed by atoms with E-state index in [9.17, 15) is 4.79 Å². The molecule has 0 heterocycles. The number of hydrogen-bond acceptors (Lipinski definition) is 1. The molecular formula is C20H32O. The van der Waals surface area contributed by atoms with Gasteiger partial charge >= 0.3 is 0 Å². The van der Waals surface area contributed by atoms with Crippen LogP contribution in [0.4, 0.5) is 0 Å². The summed E-state index contributed by atoms with van der Waals surface area (Å²) in [7, 11) is 0. The molecular weight excluding hydrogens is 256 g/mol. The highest BCUT2D eigenvalue weighted by Gasteiger charge is 1.98. The van der Waals surface area contributed by atoms with E-state index in [0.29, 0.717) is 6.42 Å². The Labute approximate surface area is 131 Å². The maximum atomic E-state index is 11.9. The molecule has 0 atom stereocenters. The third-order valence-corrected chi connectivity index (χ3v) is 3.24. The Morgan fingerprint density at radius 2 is 1.19 bits per heavy atom. The third-order valence-electron chi connectivity index (χ3n) is 3.24. The van der Waals surface area contributed by atoms with E-state index in [1.165, 1.54) is 22.3 Å². The summed E-state index contributed by atoms with van der Waals surface area (Å²) < 4.78 is 0. The summed E-state index contributed by atoms with van der Waals surface area (Å²) >= 11 is 0. The van der Waals surface area contributed by atoms with Crippen molar-refractivity contribution >= 4 is 5.78 Å². The SMILES string of the molecule is CC(C)=CCCC(C)=CCC(=O)C=C(C)CCC=C(C)C. The van der Waals surface area contributed by atoms with E-state index in [-0.39, 0.29) is 5.78 Å². The molecule has 0 amide bonds. The summed E-state index contributed by atoms with van der Waals surface area (Å²) in [6.07, 6.45) is 13.0. The van der Waals surface area contributed by atoms with Gasteiger partial charge in [-0.25, -0.2) is 0 Å². The van der Waals surface area contributed by atoms with Crippen LogP contribution in [0.1, 0.15) is 73.6 Å². The molecule has 0 aliphatic heterocycles. The van der Waals surface area contributed by atoms with Gasteiger partial charge in [0.1, 0.15) is 0 Å². The summed E-state index contributed by atoms with van der Waals surface area (Å²) in [5, 5.41) is 0. The number of rotatable bonds is 9. The Bertz CT molecular complexity index is 436. The third kappa shape index (κ3) is 13.4. The maximum absolute atomic E-state index is 11.9. The first-order valence-electron chi connectivity index (χ1n) is 7.93. The molecule has 21 heavy (non-hydrogen) atoms. The predicted molar refractivity (Wildman–Crippen MR) is 94.5 cm³/mol. The van der Waals surface area contributed by atoms with Crippen LogP contribution in [-0.4, -0.2) is 5.78 Å². The van der Waals surface area contributed by atoms with Gasteiger partial charge in [0.05, 0.1) is 0 Å². The van der Waals surface area contributed by atoms with Crippen molar-refractivity contribution in [3.8, 4) is 0 Å². The van der Waals surface area contributed by atoms with Crippen molar-refractivity contribution < 1.29 is 4.79 Å². The molecule has 0 unspecified atom stereocenters. The van der Waals surface area contributed by atoms with E-state index >= 15 is 0 Å². The first-order valence-corrected chi connectivity index (χ1v) is 7.93. The van der Waals surface area contributed by atoms with Crippen LogP contribution in [0.15, 0.2) is 46.6 Å². The Balaban J connectivity index is 4.17. The molecule has 0 aliphatic carbocycles. The number of carbonyl (C=O) groups excluding carboxylic acids is 1. The monoisotopic (exact) mass is 288 g/mol. The zero-order chi connectivity index (χ0) is 16.3. The number of allylic oxidation sites excluding steroid dienone is 8. The maximum Gasteiger partial charge on any atom is 0.159 e. The molecule has 118 valence electrons. The summed E-state index contributed by atoms with van der Waals surface area (Å²) in [6, 6.07) is 0. The van der Waals surface area contributed by atoms with Crippen molar-refractivity contribution in [2.24, 2.45) is 0 Å². The number of carbonyl (C=O) groups is 1. The van der Waals surface area contributed by atoms with Crippen LogP contribution >= 0.6 is 0 Å². The molecule has 0 fully saturated rings. The smallest absolute Gasteiger partial charge is 0.159 e. The van der Waals surface area contributed by atoms with E-state index in [1.54, 1.807) is 6.08 Å². The predicted octanol–water partition coefficient (Wildman–Crippen LogP) is 6.33. The molecule has 0 aromatic heterocycles. The lowest BCUT2D eigenvalue weighted by molar-refractivity contribution is -0.113. The standard InChI is InChI=1S/C20H32O/c1-16(2)9-7-11-18(5)13-14-20(21)15-19(6)12-8-10-17(3)4/h9-10,13,15H,7-8,11-12,14H2,1-6H3. The van der Waals surface area contributed by atoms with Crippen LogP contribution in [0.25, 0.3) is 0 Å². The molecule has 0 radical (unpaired) electrons. The van der Waals surface area contributed by atoms with E-state index < -0.39 is 0 Å². The van der Waals surface area contributed by atoms with Gasteiger partial charge in [-0.2, -0.15) is 0 Å². The van der Waals surface area contributed by atoms with Crippen molar-refractivity contribution in [2.75, 3.05) is 0 Å². The van der Waals surface area contributed by atoms with Gasteiger partial charge in [-0.3, -0.25) is 4.79 Å². The van der Waals surface area contributed by atoms with Crippen molar-refractivity contribution in [2.45, 2.75) is 73.6 Å². The quantitative estimate of drug-likeness (QED) is 0.358. The van der Waals surface area contributed by atoms with Crippen molar-refractivity contribution in [1.29, 1.82) is 0 Å². The largest absolute Gasteiger partial charge is 0.295 e. The lowest BCUT2D eigenvalue weighted by Crippen LogP contribution is -1.93. The average Bonchev–Trinajstić information content (AvgIpc) is 2.35. The zero-order valence-electron chi connectivity index (χ0n) is 14.8. The van der Waals surface area contributed by atoms with Crippen LogP contribution in [0.5, 0.6) is 0 Å². The molecule has 0 rings (SSSR count). The van der Waals surface area contributed by atoms with Gasteiger partial charge in [0.2, 0.25) is 0 Å². The minimum atomic E-state index is 0.214. The fourth-order valence-electron chi connectivity index (χ4n) is 1.96. The molecule has 0 aromatic rings. The van der Waals surface area contributed by atoms with Gasteiger partial charge in [-0.1, -0.05) is 40.5 Å². The van der Waals surface area contributed by atoms with Crippen molar-refractivity contribution in [3.05, 3.63) is 46.6 Å². The molecule has 1 nitrogen and oxygen atoms in total. The Morgan fingerprint density at radius 3 is 1.67 bits per heavy atom. The first kappa shape index (κ1) is 19.6. The van der Waals surface area contributed by atoms with E-state index in [2.05, 4.69) is 52.8 Å². The molecule has 0 N–H and O–H groups in total. The summed E-state index contributed by atoms with van der Waals surface area (Å²) in [4.78, 5) is 11.9. The summed E-state index contributed by atoms with van der Waals surface area (Å²) in [5.74, 6) is 0.214. The lowest BCUT2D eigenvalue weighted by Gasteiger charge is -2.00. The highest BCUT2D eigenvalue weighted by atomic mass is 16.1. The Morgan fingerprint density at radius 1 is 0.714 bits per heavy atom. The Kier molecular flexibility index (Phi) is 10.6. The van der Waals surface area contributed by atoms with Crippen LogP contribution in [-0.2, 0) is 4.79 Å². The second-order valence-corrected chi connectivity index (χ2v) is 6.35. The van der Waals surface area contributed by atoms with E-state index in [1.807, 2.05) is 6.92 Å². The normalized spacial score (nSPS) is 12.1. The molecule has 0 bridgehead atoms. The van der Waals surface area contributed by atoms with Crippen molar-refractivity contribution in [3.63, 3.8) is 0 Å². The molecule has 0 saturated heterocycles. The fraction of sp³-hybridized carbons (Fsp3) is 0.550. The highest BCUT2D eigenvalue weighted by molar-refractivity contribution is 5.91. The average molecular weight is 288 g/mol. The van der Waals surface area contributed by atoms with Gasteiger partial charge < -0.3 is 0 Å². The van der Waals surface area contributed by atoms with Gasteiger partial charge in [-0.15, -0.1) is 0 Å². The topological polar surface area (TPSA) is 17.1 Å². The first-order chi connectivity index (χ1) is 9.81. The van der Waals surface area contributed by atoms with Crippen LogP contribution < -0.4 is 0 Å². The minimum absolute atomic E-state index is 0.214. The minimum Gasteiger partial charge on any atom is -0.295 e. The zero-order valence-corrected chi connectivity index (χ0v) is 14.8. The van der Waals surface area contributed by atoms with E-state index in [0.717, 1.165) is 25.7 Å².